The third kappa shape index (κ3) is 4.23. The second-order valence-electron chi connectivity index (χ2n) is 7.87. The van der Waals surface area contributed by atoms with Crippen LogP contribution < -0.4 is 10.3 Å². The minimum absolute atomic E-state index is 0.0490. The van der Waals surface area contributed by atoms with Gasteiger partial charge in [-0.25, -0.2) is 4.68 Å². The Bertz CT molecular complexity index is 1280. The summed E-state index contributed by atoms with van der Waals surface area (Å²) in [5, 5.41) is 16.6. The lowest BCUT2D eigenvalue weighted by molar-refractivity contribution is 0.0876. The zero-order valence-electron chi connectivity index (χ0n) is 18.0. The number of nitrogens with zero attached hydrogens (tertiary/aromatic N) is 2. The van der Waals surface area contributed by atoms with Gasteiger partial charge >= 0.3 is 0 Å². The molecular weight excluding hydrogens is 388 g/mol. The molecule has 1 heterocycles. The normalized spacial score (nSPS) is 12.1. The van der Waals surface area contributed by atoms with E-state index >= 15 is 0 Å². The fraction of sp³-hybridized carbons (Fsp3) is 0.231. The van der Waals surface area contributed by atoms with E-state index < -0.39 is 6.10 Å². The molecule has 5 heteroatoms. The van der Waals surface area contributed by atoms with Crippen LogP contribution in [0.4, 0.5) is 0 Å². The molecule has 0 aliphatic rings. The molecule has 4 rings (SSSR count). The van der Waals surface area contributed by atoms with E-state index in [1.54, 1.807) is 6.07 Å². The van der Waals surface area contributed by atoms with Crippen LogP contribution in [0, 0.1) is 20.8 Å². The smallest absolute Gasteiger partial charge is 0.274 e. The largest absolute Gasteiger partial charge is 0.490 e. The fourth-order valence-corrected chi connectivity index (χ4v) is 3.75. The highest BCUT2D eigenvalue weighted by atomic mass is 16.5. The molecule has 0 amide bonds. The van der Waals surface area contributed by atoms with Crippen LogP contribution >= 0.6 is 0 Å². The van der Waals surface area contributed by atoms with Crippen molar-refractivity contribution in [1.29, 1.82) is 0 Å². The van der Waals surface area contributed by atoms with Gasteiger partial charge in [0.05, 0.1) is 17.6 Å². The molecule has 4 aromatic rings. The lowest BCUT2D eigenvalue weighted by Gasteiger charge is -2.18. The van der Waals surface area contributed by atoms with E-state index in [0.29, 0.717) is 11.1 Å². The third-order valence-corrected chi connectivity index (χ3v) is 5.59. The Labute approximate surface area is 181 Å². The van der Waals surface area contributed by atoms with Crippen molar-refractivity contribution in [2.24, 2.45) is 0 Å². The monoisotopic (exact) mass is 414 g/mol. The van der Waals surface area contributed by atoms with Gasteiger partial charge in [0.2, 0.25) is 0 Å². The molecule has 1 atom stereocenters. The molecule has 0 saturated carbocycles. The van der Waals surface area contributed by atoms with Crippen LogP contribution in [0.2, 0.25) is 0 Å². The summed E-state index contributed by atoms with van der Waals surface area (Å²) >= 11 is 0. The SMILES string of the molecule is Cc1ccc(C)c(OC[C@H](O)Cn2nc(-c3ccccc3)c3ccccc3c2=O)c1C. The number of fused-ring (bicyclic) bond motifs is 1. The first-order chi connectivity index (χ1) is 15.0. The van der Waals surface area contributed by atoms with E-state index in [-0.39, 0.29) is 18.7 Å². The van der Waals surface area contributed by atoms with Crippen molar-refractivity contribution in [1.82, 2.24) is 9.78 Å². The van der Waals surface area contributed by atoms with Crippen molar-refractivity contribution in [2.45, 2.75) is 33.4 Å². The van der Waals surface area contributed by atoms with Crippen molar-refractivity contribution in [2.75, 3.05) is 6.61 Å². The van der Waals surface area contributed by atoms with Gasteiger partial charge in [0.25, 0.3) is 5.56 Å². The van der Waals surface area contributed by atoms with Crippen molar-refractivity contribution >= 4 is 10.8 Å². The molecule has 0 bridgehead atoms. The molecule has 0 saturated heterocycles. The Morgan fingerprint density at radius 3 is 2.29 bits per heavy atom. The number of ether oxygens (including phenoxy) is 1. The number of benzene rings is 3. The predicted molar refractivity (Wildman–Crippen MR) is 124 cm³/mol. The molecular formula is C26H26N2O3. The van der Waals surface area contributed by atoms with Gasteiger partial charge in [0, 0.05) is 10.9 Å². The van der Waals surface area contributed by atoms with E-state index in [0.717, 1.165) is 33.4 Å². The van der Waals surface area contributed by atoms with Crippen LogP contribution in [-0.4, -0.2) is 27.6 Å². The topological polar surface area (TPSA) is 64.3 Å². The van der Waals surface area contributed by atoms with E-state index in [9.17, 15) is 9.90 Å². The lowest BCUT2D eigenvalue weighted by Crippen LogP contribution is -2.32. The third-order valence-electron chi connectivity index (χ3n) is 5.59. The minimum atomic E-state index is -0.880. The summed E-state index contributed by atoms with van der Waals surface area (Å²) in [5.41, 5.74) is 4.62. The molecule has 0 aliphatic carbocycles. The summed E-state index contributed by atoms with van der Waals surface area (Å²) in [6, 6.07) is 21.2. The van der Waals surface area contributed by atoms with Gasteiger partial charge in [-0.05, 0) is 43.5 Å². The quantitative estimate of drug-likeness (QED) is 0.507. The molecule has 1 N–H and O–H groups in total. The van der Waals surface area contributed by atoms with Crippen molar-refractivity contribution in [3.63, 3.8) is 0 Å². The summed E-state index contributed by atoms with van der Waals surface area (Å²) in [6.45, 7) is 6.14. The fourth-order valence-electron chi connectivity index (χ4n) is 3.75. The predicted octanol–water partition coefficient (Wildman–Crippen LogP) is 4.43. The second kappa shape index (κ2) is 8.74. The molecule has 3 aromatic carbocycles. The zero-order valence-corrected chi connectivity index (χ0v) is 18.0. The summed E-state index contributed by atoms with van der Waals surface area (Å²) < 4.78 is 7.27. The van der Waals surface area contributed by atoms with Gasteiger partial charge < -0.3 is 9.84 Å². The number of hydrogen-bond donors (Lipinski definition) is 1. The first-order valence-electron chi connectivity index (χ1n) is 10.4. The molecule has 0 aliphatic heterocycles. The molecule has 0 spiro atoms. The molecule has 0 unspecified atom stereocenters. The van der Waals surface area contributed by atoms with Crippen LogP contribution in [0.5, 0.6) is 5.75 Å². The molecule has 5 nitrogen and oxygen atoms in total. The van der Waals surface area contributed by atoms with Crippen LogP contribution in [0.1, 0.15) is 16.7 Å². The second-order valence-corrected chi connectivity index (χ2v) is 7.87. The number of aliphatic hydroxyl groups excluding tert-OH is 1. The molecule has 158 valence electrons. The summed E-state index contributed by atoms with van der Waals surface area (Å²) in [7, 11) is 0. The maximum atomic E-state index is 13.0. The minimum Gasteiger partial charge on any atom is -0.490 e. The first kappa shape index (κ1) is 20.8. The van der Waals surface area contributed by atoms with Crippen LogP contribution in [0.3, 0.4) is 0 Å². The Balaban J connectivity index is 1.64. The Kier molecular flexibility index (Phi) is 5.87. The number of rotatable bonds is 6. The maximum Gasteiger partial charge on any atom is 0.274 e. The number of aromatic nitrogens is 2. The molecule has 31 heavy (non-hydrogen) atoms. The highest BCUT2D eigenvalue weighted by Crippen LogP contribution is 2.26. The van der Waals surface area contributed by atoms with Crippen LogP contribution in [-0.2, 0) is 6.54 Å². The van der Waals surface area contributed by atoms with E-state index in [4.69, 9.17) is 4.74 Å². The highest BCUT2D eigenvalue weighted by molar-refractivity contribution is 5.93. The van der Waals surface area contributed by atoms with Crippen molar-refractivity contribution in [3.8, 4) is 17.0 Å². The Hall–Kier alpha value is -3.44. The standard InChI is InChI=1S/C26H26N2O3/c1-17-13-14-18(2)25(19(17)3)31-16-21(29)15-28-26(30)23-12-8-7-11-22(23)24(27-28)20-9-5-4-6-10-20/h4-14,21,29H,15-16H2,1-3H3/t21-/m1/s1. The highest BCUT2D eigenvalue weighted by Gasteiger charge is 2.16. The molecule has 0 fully saturated rings. The van der Waals surface area contributed by atoms with E-state index in [1.165, 1.54) is 4.68 Å². The first-order valence-corrected chi connectivity index (χ1v) is 10.4. The van der Waals surface area contributed by atoms with Gasteiger partial charge in [0.1, 0.15) is 18.5 Å². The lowest BCUT2D eigenvalue weighted by atomic mass is 10.1. The number of aliphatic hydroxyl groups is 1. The summed E-state index contributed by atoms with van der Waals surface area (Å²) in [5.74, 6) is 0.780. The van der Waals surface area contributed by atoms with Gasteiger partial charge in [0.15, 0.2) is 0 Å². The number of hydrogen-bond acceptors (Lipinski definition) is 4. The summed E-state index contributed by atoms with van der Waals surface area (Å²) in [4.78, 5) is 13.0. The van der Waals surface area contributed by atoms with Crippen molar-refractivity contribution in [3.05, 3.63) is 93.8 Å². The van der Waals surface area contributed by atoms with E-state index in [2.05, 4.69) is 11.2 Å². The molecule has 1 aromatic heterocycles. The van der Waals surface area contributed by atoms with Gasteiger partial charge in [-0.2, -0.15) is 5.10 Å². The van der Waals surface area contributed by atoms with Gasteiger partial charge in [-0.3, -0.25) is 4.79 Å². The van der Waals surface area contributed by atoms with Crippen molar-refractivity contribution < 1.29 is 9.84 Å². The Morgan fingerprint density at radius 2 is 1.55 bits per heavy atom. The maximum absolute atomic E-state index is 13.0. The van der Waals surface area contributed by atoms with Crippen LogP contribution in [0.15, 0.2) is 71.5 Å². The van der Waals surface area contributed by atoms with E-state index in [1.807, 2.05) is 75.4 Å². The average Bonchev–Trinajstić information content (AvgIpc) is 2.79. The number of aryl methyl sites for hydroxylation is 2. The summed E-state index contributed by atoms with van der Waals surface area (Å²) in [6.07, 6.45) is -0.880. The van der Waals surface area contributed by atoms with Gasteiger partial charge in [-0.15, -0.1) is 0 Å². The Morgan fingerprint density at radius 1 is 0.903 bits per heavy atom. The molecule has 0 radical (unpaired) electrons. The zero-order chi connectivity index (χ0) is 22.0. The van der Waals surface area contributed by atoms with Gasteiger partial charge in [-0.1, -0.05) is 60.7 Å². The van der Waals surface area contributed by atoms with Crippen LogP contribution in [0.25, 0.3) is 22.0 Å². The average molecular weight is 415 g/mol.